The Morgan fingerprint density at radius 1 is 0.818 bits per heavy atom. The van der Waals surface area contributed by atoms with Gasteiger partial charge in [0.05, 0.1) is 5.56 Å². The van der Waals surface area contributed by atoms with Crippen LogP contribution < -0.4 is 0 Å². The van der Waals surface area contributed by atoms with E-state index in [1.54, 1.807) is 12.1 Å². The molecular formula is C25H20F3O4S+. The fourth-order valence-corrected chi connectivity index (χ4v) is 5.79. The SMILES string of the molecule is CC(C)(OC(=O)COC(=O)c1ccc(-[s+]2c3ccccc3c3ccccc32)cc1)C(F)(F)F. The lowest BCUT2D eigenvalue weighted by molar-refractivity contribution is -0.258. The topological polar surface area (TPSA) is 52.6 Å². The third-order valence-corrected chi connectivity index (χ3v) is 7.54. The van der Waals surface area contributed by atoms with Crippen LogP contribution in [0.3, 0.4) is 0 Å². The van der Waals surface area contributed by atoms with Gasteiger partial charge in [-0.25, -0.2) is 9.59 Å². The quantitative estimate of drug-likeness (QED) is 0.237. The van der Waals surface area contributed by atoms with Crippen LogP contribution in [0.4, 0.5) is 13.2 Å². The molecule has 0 fully saturated rings. The van der Waals surface area contributed by atoms with E-state index in [4.69, 9.17) is 4.74 Å². The van der Waals surface area contributed by atoms with E-state index in [2.05, 4.69) is 29.0 Å². The maximum Gasteiger partial charge on any atom is 0.427 e. The number of carbonyl (C=O) groups excluding carboxylic acids is 2. The van der Waals surface area contributed by atoms with E-state index in [-0.39, 0.29) is 16.0 Å². The van der Waals surface area contributed by atoms with E-state index in [0.717, 1.165) is 18.7 Å². The molecule has 0 bridgehead atoms. The Morgan fingerprint density at radius 3 is 1.85 bits per heavy atom. The summed E-state index contributed by atoms with van der Waals surface area (Å²) in [6.45, 7) is 0.544. The molecule has 0 amide bonds. The van der Waals surface area contributed by atoms with Gasteiger partial charge < -0.3 is 9.47 Å². The first-order valence-corrected chi connectivity index (χ1v) is 11.3. The Kier molecular flexibility index (Phi) is 5.88. The van der Waals surface area contributed by atoms with Crippen LogP contribution in [0, 0.1) is 0 Å². The normalized spacial score (nSPS) is 12.2. The summed E-state index contributed by atoms with van der Waals surface area (Å²) >= 11 is 0. The molecular weight excluding hydrogens is 453 g/mol. The molecule has 33 heavy (non-hydrogen) atoms. The van der Waals surface area contributed by atoms with E-state index in [1.807, 2.05) is 36.4 Å². The van der Waals surface area contributed by atoms with Crippen LogP contribution in [0.25, 0.3) is 25.1 Å². The highest BCUT2D eigenvalue weighted by atomic mass is 32.2. The number of ether oxygens (including phenoxy) is 2. The number of fused-ring (bicyclic) bond motifs is 3. The fourth-order valence-electron chi connectivity index (χ4n) is 3.41. The Morgan fingerprint density at radius 2 is 1.33 bits per heavy atom. The molecule has 8 heteroatoms. The van der Waals surface area contributed by atoms with Crippen LogP contribution >= 0.6 is 10.5 Å². The second-order valence-corrected chi connectivity index (χ2v) is 9.84. The van der Waals surface area contributed by atoms with Crippen LogP contribution in [-0.4, -0.2) is 30.3 Å². The van der Waals surface area contributed by atoms with Crippen LogP contribution in [0.2, 0.25) is 0 Å². The summed E-state index contributed by atoms with van der Waals surface area (Å²) in [4.78, 5) is 25.0. The van der Waals surface area contributed by atoms with Gasteiger partial charge in [-0.15, -0.1) is 0 Å². The lowest BCUT2D eigenvalue weighted by Gasteiger charge is -2.27. The van der Waals surface area contributed by atoms with E-state index in [0.29, 0.717) is 0 Å². The minimum Gasteiger partial charge on any atom is -0.450 e. The van der Waals surface area contributed by atoms with Gasteiger partial charge in [-0.05, 0) is 62.4 Å². The van der Waals surface area contributed by atoms with Crippen molar-refractivity contribution in [2.24, 2.45) is 0 Å². The number of hydrogen-bond acceptors (Lipinski definition) is 4. The molecule has 0 N–H and O–H groups in total. The number of halogens is 3. The zero-order valence-corrected chi connectivity index (χ0v) is 18.6. The first-order valence-electron chi connectivity index (χ1n) is 10.1. The summed E-state index contributed by atoms with van der Waals surface area (Å²) in [6, 6.07) is 23.2. The zero-order valence-electron chi connectivity index (χ0n) is 17.8. The Hall–Kier alpha value is -3.39. The molecule has 0 aliphatic rings. The standard InChI is InChI=1S/C25H20F3O4S/c1-24(2,25(26,27)28)32-22(29)15-31-23(30)16-11-13-17(14-12-16)33-20-9-5-3-7-18(20)19-8-4-6-10-21(19)33/h3-14H,15H2,1-2H3/q+1. The van der Waals surface area contributed by atoms with Crippen molar-refractivity contribution in [1.82, 2.24) is 0 Å². The summed E-state index contributed by atoms with van der Waals surface area (Å²) in [6.07, 6.45) is -4.74. The van der Waals surface area contributed by atoms with Gasteiger partial charge in [0.2, 0.25) is 5.60 Å². The van der Waals surface area contributed by atoms with Crippen molar-refractivity contribution >= 4 is 42.6 Å². The van der Waals surface area contributed by atoms with Crippen molar-refractivity contribution in [2.45, 2.75) is 25.6 Å². The van der Waals surface area contributed by atoms with E-state index >= 15 is 0 Å². The summed E-state index contributed by atoms with van der Waals surface area (Å²) in [5.41, 5.74) is -2.49. The lowest BCUT2D eigenvalue weighted by atomic mass is 10.1. The number of benzene rings is 3. The van der Waals surface area contributed by atoms with Gasteiger partial charge in [-0.3, -0.25) is 0 Å². The lowest BCUT2D eigenvalue weighted by Crippen LogP contribution is -2.44. The second kappa shape index (κ2) is 8.51. The first-order chi connectivity index (χ1) is 15.6. The molecule has 4 rings (SSSR count). The molecule has 170 valence electrons. The molecule has 0 spiro atoms. The summed E-state index contributed by atoms with van der Waals surface area (Å²) in [5.74, 6) is -2.10. The molecule has 0 atom stereocenters. The average Bonchev–Trinajstić information content (AvgIpc) is 3.11. The third-order valence-electron chi connectivity index (χ3n) is 5.20. The highest BCUT2D eigenvalue weighted by Crippen LogP contribution is 2.48. The molecule has 1 heterocycles. The molecule has 0 saturated carbocycles. The van der Waals surface area contributed by atoms with Crippen LogP contribution in [0.1, 0.15) is 24.2 Å². The van der Waals surface area contributed by atoms with Crippen molar-refractivity contribution in [3.05, 3.63) is 78.4 Å². The predicted molar refractivity (Wildman–Crippen MR) is 122 cm³/mol. The van der Waals surface area contributed by atoms with Gasteiger partial charge in [-0.2, -0.15) is 13.2 Å². The number of alkyl halides is 3. The van der Waals surface area contributed by atoms with Crippen molar-refractivity contribution < 1.29 is 32.2 Å². The van der Waals surface area contributed by atoms with Gasteiger partial charge >= 0.3 is 18.1 Å². The maximum absolute atomic E-state index is 12.8. The monoisotopic (exact) mass is 473 g/mol. The van der Waals surface area contributed by atoms with Crippen molar-refractivity contribution in [1.29, 1.82) is 0 Å². The number of thiophene rings is 1. The summed E-state index contributed by atoms with van der Waals surface area (Å²) < 4.78 is 50.1. The number of esters is 2. The molecule has 0 saturated heterocycles. The second-order valence-electron chi connectivity index (χ2n) is 7.88. The largest absolute Gasteiger partial charge is 0.450 e. The molecule has 4 aromatic rings. The van der Waals surface area contributed by atoms with E-state index < -0.39 is 30.3 Å². The van der Waals surface area contributed by atoms with Gasteiger partial charge in [-0.1, -0.05) is 24.3 Å². The number of hydrogen-bond donors (Lipinski definition) is 0. The zero-order chi connectivity index (χ0) is 23.8. The van der Waals surface area contributed by atoms with Crippen LogP contribution in [-0.2, 0) is 14.3 Å². The van der Waals surface area contributed by atoms with Gasteiger partial charge in [0, 0.05) is 21.2 Å². The molecule has 0 aliphatic heterocycles. The van der Waals surface area contributed by atoms with Crippen LogP contribution in [0.15, 0.2) is 72.8 Å². The first kappa shape index (κ1) is 22.8. The molecule has 4 nitrogen and oxygen atoms in total. The number of carbonyl (C=O) groups is 2. The molecule has 0 unspecified atom stereocenters. The minimum absolute atomic E-state index is 0.186. The third kappa shape index (κ3) is 4.43. The maximum atomic E-state index is 12.8. The van der Waals surface area contributed by atoms with E-state index in [9.17, 15) is 22.8 Å². The Bertz CT molecular complexity index is 1280. The van der Waals surface area contributed by atoms with Gasteiger partial charge in [0.15, 0.2) is 20.9 Å². The van der Waals surface area contributed by atoms with Crippen molar-refractivity contribution in [2.75, 3.05) is 6.61 Å². The molecule has 0 aliphatic carbocycles. The molecule has 3 aromatic carbocycles. The fraction of sp³-hybridized carbons (Fsp3) is 0.200. The Labute approximate surface area is 190 Å². The van der Waals surface area contributed by atoms with Crippen molar-refractivity contribution in [3.8, 4) is 4.90 Å². The Balaban J connectivity index is 1.51. The summed E-state index contributed by atoms with van der Waals surface area (Å²) in [7, 11) is -0.326. The number of rotatable bonds is 5. The highest BCUT2D eigenvalue weighted by molar-refractivity contribution is 7.50. The highest BCUT2D eigenvalue weighted by Gasteiger charge is 2.50. The van der Waals surface area contributed by atoms with Gasteiger partial charge in [0.25, 0.3) is 0 Å². The van der Waals surface area contributed by atoms with Crippen molar-refractivity contribution in [3.63, 3.8) is 0 Å². The minimum atomic E-state index is -4.74. The van der Waals surface area contributed by atoms with E-state index in [1.165, 1.54) is 20.2 Å². The van der Waals surface area contributed by atoms with Gasteiger partial charge in [0.1, 0.15) is 0 Å². The smallest absolute Gasteiger partial charge is 0.427 e. The molecule has 1 aromatic heterocycles. The summed E-state index contributed by atoms with van der Waals surface area (Å²) in [5, 5.41) is 2.36. The average molecular weight is 473 g/mol. The predicted octanol–water partition coefficient (Wildman–Crippen LogP) is 6.77. The van der Waals surface area contributed by atoms with Crippen LogP contribution in [0.5, 0.6) is 0 Å². The molecule has 0 radical (unpaired) electrons.